The summed E-state index contributed by atoms with van der Waals surface area (Å²) in [6.07, 6.45) is 2.20. The van der Waals surface area contributed by atoms with E-state index in [4.69, 9.17) is 16.3 Å². The number of Topliss-reactive ketones (excluding diaryl/α,β-unsaturated/α-hetero) is 1. The highest BCUT2D eigenvalue weighted by Gasteiger charge is 2.40. The Morgan fingerprint density at radius 2 is 1.89 bits per heavy atom. The van der Waals surface area contributed by atoms with E-state index in [0.717, 1.165) is 23.3 Å². The fourth-order valence-corrected chi connectivity index (χ4v) is 4.31. The number of carbonyl (C=O) groups is 2. The second-order valence-electron chi connectivity index (χ2n) is 6.84. The number of halogens is 1. The lowest BCUT2D eigenvalue weighted by Crippen LogP contribution is -2.40. The van der Waals surface area contributed by atoms with Gasteiger partial charge in [0.1, 0.15) is 5.75 Å². The number of rotatable bonds is 3. The van der Waals surface area contributed by atoms with Crippen molar-refractivity contribution in [3.05, 3.63) is 70.4 Å². The molecule has 1 heterocycles. The molecule has 1 aliphatic heterocycles. The molecular weight excluding hydrogens is 362 g/mol. The van der Waals surface area contributed by atoms with Crippen LogP contribution in [0.2, 0.25) is 5.02 Å². The molecule has 0 fully saturated rings. The van der Waals surface area contributed by atoms with Gasteiger partial charge in [0.15, 0.2) is 5.78 Å². The monoisotopic (exact) mass is 381 g/mol. The summed E-state index contributed by atoms with van der Waals surface area (Å²) < 4.78 is 5.50. The van der Waals surface area contributed by atoms with E-state index in [1.807, 2.05) is 36.4 Å². The molecule has 1 unspecified atom stereocenters. The quantitative estimate of drug-likeness (QED) is 0.761. The van der Waals surface area contributed by atoms with Crippen molar-refractivity contribution >= 4 is 29.0 Å². The Morgan fingerprint density at radius 1 is 1.07 bits per heavy atom. The van der Waals surface area contributed by atoms with Gasteiger partial charge in [0, 0.05) is 40.6 Å². The number of anilines is 1. The molecule has 1 amide bonds. The predicted octanol–water partition coefficient (Wildman–Crippen LogP) is 4.88. The van der Waals surface area contributed by atoms with E-state index in [-0.39, 0.29) is 24.0 Å². The highest BCUT2D eigenvalue weighted by molar-refractivity contribution is 6.31. The third kappa shape index (κ3) is 3.15. The van der Waals surface area contributed by atoms with Gasteiger partial charge in [0.25, 0.3) is 0 Å². The standard InChI is InChI=1S/C22H20ClNO3/c1-27-20-11-3-2-8-16(20)17-13-21(26)24(15-7-4-6-14(23)12-15)18-9-5-10-19(25)22(17)18/h2-4,6-8,11-12,17H,5,9-10,13H2,1H3. The maximum Gasteiger partial charge on any atom is 0.232 e. The van der Waals surface area contributed by atoms with E-state index in [9.17, 15) is 9.59 Å². The van der Waals surface area contributed by atoms with E-state index in [2.05, 4.69) is 0 Å². The summed E-state index contributed by atoms with van der Waals surface area (Å²) in [5.74, 6) is 0.525. The van der Waals surface area contributed by atoms with Gasteiger partial charge in [-0.25, -0.2) is 0 Å². The molecule has 5 heteroatoms. The Hall–Kier alpha value is -2.59. The fourth-order valence-electron chi connectivity index (χ4n) is 4.13. The van der Waals surface area contributed by atoms with Gasteiger partial charge in [-0.2, -0.15) is 0 Å². The van der Waals surface area contributed by atoms with Crippen LogP contribution in [0.1, 0.15) is 37.2 Å². The number of hydrogen-bond donors (Lipinski definition) is 0. The molecular formula is C22H20ClNO3. The molecule has 4 rings (SSSR count). The smallest absolute Gasteiger partial charge is 0.232 e. The lowest BCUT2D eigenvalue weighted by atomic mass is 9.77. The second kappa shape index (κ2) is 7.20. The van der Waals surface area contributed by atoms with Crippen molar-refractivity contribution in [3.63, 3.8) is 0 Å². The number of ketones is 1. The number of methoxy groups -OCH3 is 1. The third-order valence-corrected chi connectivity index (χ3v) is 5.49. The maximum absolute atomic E-state index is 13.1. The van der Waals surface area contributed by atoms with E-state index < -0.39 is 0 Å². The SMILES string of the molecule is COc1ccccc1C1CC(=O)N(c2cccc(Cl)c2)C2=C1C(=O)CCC2. The molecule has 0 spiro atoms. The van der Waals surface area contributed by atoms with Crippen molar-refractivity contribution in [2.75, 3.05) is 12.0 Å². The minimum atomic E-state index is -0.271. The summed E-state index contributed by atoms with van der Waals surface area (Å²) in [7, 11) is 1.61. The summed E-state index contributed by atoms with van der Waals surface area (Å²) >= 11 is 6.14. The van der Waals surface area contributed by atoms with Crippen LogP contribution in [-0.2, 0) is 9.59 Å². The van der Waals surface area contributed by atoms with Crippen LogP contribution in [0.25, 0.3) is 0 Å². The molecule has 0 bridgehead atoms. The molecule has 0 radical (unpaired) electrons. The zero-order valence-corrected chi connectivity index (χ0v) is 15.8. The van der Waals surface area contributed by atoms with Gasteiger partial charge in [-0.3, -0.25) is 14.5 Å². The summed E-state index contributed by atoms with van der Waals surface area (Å²) in [5.41, 5.74) is 3.15. The van der Waals surface area contributed by atoms with Gasteiger partial charge in [0.05, 0.1) is 12.8 Å². The van der Waals surface area contributed by atoms with Crippen molar-refractivity contribution in [3.8, 4) is 5.75 Å². The van der Waals surface area contributed by atoms with Gasteiger partial charge in [-0.1, -0.05) is 35.9 Å². The number of benzene rings is 2. The van der Waals surface area contributed by atoms with Crippen LogP contribution >= 0.6 is 11.6 Å². The van der Waals surface area contributed by atoms with Gasteiger partial charge in [-0.05, 0) is 37.1 Å². The Bertz CT molecular complexity index is 950. The first-order valence-corrected chi connectivity index (χ1v) is 9.45. The average molecular weight is 382 g/mol. The molecule has 27 heavy (non-hydrogen) atoms. The molecule has 2 aromatic rings. The van der Waals surface area contributed by atoms with Crippen LogP contribution in [0.3, 0.4) is 0 Å². The van der Waals surface area contributed by atoms with Crippen molar-refractivity contribution < 1.29 is 14.3 Å². The number of allylic oxidation sites excluding steroid dienone is 2. The summed E-state index contributed by atoms with van der Waals surface area (Å²) in [5, 5.41) is 0.566. The molecule has 2 aromatic carbocycles. The van der Waals surface area contributed by atoms with Gasteiger partial charge >= 0.3 is 0 Å². The van der Waals surface area contributed by atoms with Crippen LogP contribution < -0.4 is 9.64 Å². The second-order valence-corrected chi connectivity index (χ2v) is 7.28. The fraction of sp³-hybridized carbons (Fsp3) is 0.273. The zero-order chi connectivity index (χ0) is 19.0. The van der Waals surface area contributed by atoms with Crippen molar-refractivity contribution in [1.82, 2.24) is 0 Å². The van der Waals surface area contributed by atoms with Crippen LogP contribution in [0.5, 0.6) is 5.75 Å². The van der Waals surface area contributed by atoms with Crippen LogP contribution in [0.4, 0.5) is 5.69 Å². The lowest BCUT2D eigenvalue weighted by molar-refractivity contribution is -0.119. The molecule has 0 aromatic heterocycles. The molecule has 0 N–H and O–H groups in total. The minimum Gasteiger partial charge on any atom is -0.496 e. The molecule has 2 aliphatic rings. The van der Waals surface area contributed by atoms with Crippen LogP contribution in [0.15, 0.2) is 59.8 Å². The Kier molecular flexibility index (Phi) is 4.75. The van der Waals surface area contributed by atoms with Crippen molar-refractivity contribution in [1.29, 1.82) is 0 Å². The zero-order valence-electron chi connectivity index (χ0n) is 15.1. The highest BCUT2D eigenvalue weighted by Crippen LogP contribution is 2.45. The van der Waals surface area contributed by atoms with Gasteiger partial charge in [0.2, 0.25) is 5.91 Å². The first-order chi connectivity index (χ1) is 13.1. The largest absolute Gasteiger partial charge is 0.496 e. The molecule has 1 atom stereocenters. The molecule has 0 saturated heterocycles. The first-order valence-electron chi connectivity index (χ1n) is 9.08. The molecule has 0 saturated carbocycles. The summed E-state index contributed by atoms with van der Waals surface area (Å²) in [6.45, 7) is 0. The van der Waals surface area contributed by atoms with Crippen LogP contribution in [0, 0.1) is 0 Å². The Balaban J connectivity index is 1.89. The third-order valence-electron chi connectivity index (χ3n) is 5.26. The maximum atomic E-state index is 13.1. The number of amides is 1. The van der Waals surface area contributed by atoms with Crippen molar-refractivity contribution in [2.24, 2.45) is 0 Å². The summed E-state index contributed by atoms with van der Waals surface area (Å²) in [4.78, 5) is 27.7. The van der Waals surface area contributed by atoms with Crippen molar-refractivity contribution in [2.45, 2.75) is 31.6 Å². The van der Waals surface area contributed by atoms with Crippen LogP contribution in [-0.4, -0.2) is 18.8 Å². The van der Waals surface area contributed by atoms with E-state index in [1.54, 1.807) is 24.1 Å². The lowest BCUT2D eigenvalue weighted by Gasteiger charge is -2.38. The Labute approximate surface area is 163 Å². The number of hydrogen-bond acceptors (Lipinski definition) is 3. The molecule has 138 valence electrons. The van der Waals surface area contributed by atoms with E-state index >= 15 is 0 Å². The van der Waals surface area contributed by atoms with Gasteiger partial charge < -0.3 is 4.74 Å². The van der Waals surface area contributed by atoms with Gasteiger partial charge in [-0.15, -0.1) is 0 Å². The summed E-state index contributed by atoms with van der Waals surface area (Å²) in [6, 6.07) is 14.8. The molecule has 1 aliphatic carbocycles. The predicted molar refractivity (Wildman–Crippen MR) is 105 cm³/mol. The van der Waals surface area contributed by atoms with E-state index in [1.165, 1.54) is 0 Å². The minimum absolute atomic E-state index is 0.0263. The number of para-hydroxylation sites is 1. The number of ether oxygens (including phenoxy) is 1. The van der Waals surface area contributed by atoms with E-state index in [0.29, 0.717) is 29.3 Å². The topological polar surface area (TPSA) is 46.6 Å². The Morgan fingerprint density at radius 3 is 2.67 bits per heavy atom. The number of carbonyl (C=O) groups excluding carboxylic acids is 2. The normalized spacial score (nSPS) is 19.9. The average Bonchev–Trinajstić information content (AvgIpc) is 2.67. The number of nitrogens with zero attached hydrogens (tertiary/aromatic N) is 1. The first kappa shape index (κ1) is 17.8. The molecule has 4 nitrogen and oxygen atoms in total. The highest BCUT2D eigenvalue weighted by atomic mass is 35.5.